The second-order valence-electron chi connectivity index (χ2n) is 6.20. The highest BCUT2D eigenvalue weighted by atomic mass is 35.5. The number of hydrogen-bond acceptors (Lipinski definition) is 3. The first-order valence-corrected chi connectivity index (χ1v) is 8.70. The number of anilines is 1. The summed E-state index contributed by atoms with van der Waals surface area (Å²) in [6.07, 6.45) is 3.63. The number of hydrogen-bond donors (Lipinski definition) is 2. The number of nitrogens with one attached hydrogen (secondary N) is 1. The van der Waals surface area contributed by atoms with Crippen LogP contribution in [0.5, 0.6) is 0 Å². The van der Waals surface area contributed by atoms with Gasteiger partial charge in [-0.3, -0.25) is 14.4 Å². The average molecular weight is 384 g/mol. The van der Waals surface area contributed by atoms with Gasteiger partial charge in [-0.05, 0) is 35.4 Å². The van der Waals surface area contributed by atoms with E-state index in [1.165, 1.54) is 19.1 Å². The van der Waals surface area contributed by atoms with Crippen LogP contribution in [0, 0.1) is 0 Å². The zero-order chi connectivity index (χ0) is 19.6. The number of carbonyl (C=O) groups excluding carboxylic acids is 3. The largest absolute Gasteiger partial charge is 0.366 e. The molecular formula is C20H18ClN3O3. The topological polar surface area (TPSA) is 92.5 Å². The van der Waals surface area contributed by atoms with Gasteiger partial charge in [0.15, 0.2) is 0 Å². The van der Waals surface area contributed by atoms with Crippen molar-refractivity contribution in [1.29, 1.82) is 0 Å². The molecule has 3 amide bonds. The van der Waals surface area contributed by atoms with Crippen molar-refractivity contribution in [1.82, 2.24) is 4.90 Å². The lowest BCUT2D eigenvalue weighted by atomic mass is 9.93. The Bertz CT molecular complexity index is 955. The van der Waals surface area contributed by atoms with Gasteiger partial charge in [-0.15, -0.1) is 0 Å². The molecule has 1 atom stereocenters. The van der Waals surface area contributed by atoms with E-state index in [1.807, 2.05) is 30.3 Å². The van der Waals surface area contributed by atoms with Gasteiger partial charge in [-0.1, -0.05) is 35.9 Å². The van der Waals surface area contributed by atoms with Gasteiger partial charge < -0.3 is 16.0 Å². The fourth-order valence-electron chi connectivity index (χ4n) is 3.09. The number of benzene rings is 2. The molecule has 27 heavy (non-hydrogen) atoms. The smallest absolute Gasteiger partial charge is 0.250 e. The second-order valence-corrected chi connectivity index (χ2v) is 6.61. The molecule has 138 valence electrons. The molecule has 1 heterocycles. The normalized spacial score (nSPS) is 15.2. The number of rotatable bonds is 4. The number of primary amides is 1. The molecule has 6 nitrogen and oxygen atoms in total. The van der Waals surface area contributed by atoms with Crippen molar-refractivity contribution >= 4 is 41.1 Å². The van der Waals surface area contributed by atoms with Gasteiger partial charge in [0, 0.05) is 18.8 Å². The molecule has 0 spiro atoms. The third-order valence-electron chi connectivity index (χ3n) is 4.37. The van der Waals surface area contributed by atoms with Gasteiger partial charge in [-0.25, -0.2) is 0 Å². The van der Waals surface area contributed by atoms with Crippen molar-refractivity contribution < 1.29 is 14.4 Å². The Morgan fingerprint density at radius 1 is 1.19 bits per heavy atom. The van der Waals surface area contributed by atoms with Crippen LogP contribution in [0.3, 0.4) is 0 Å². The third kappa shape index (κ3) is 4.01. The maximum Gasteiger partial charge on any atom is 0.250 e. The van der Waals surface area contributed by atoms with E-state index in [4.69, 9.17) is 17.3 Å². The van der Waals surface area contributed by atoms with E-state index in [0.717, 1.165) is 11.1 Å². The Kier molecular flexibility index (Phi) is 5.28. The highest BCUT2D eigenvalue weighted by Gasteiger charge is 2.28. The molecule has 1 aliphatic heterocycles. The fourth-order valence-corrected chi connectivity index (χ4v) is 3.37. The van der Waals surface area contributed by atoms with E-state index >= 15 is 0 Å². The maximum atomic E-state index is 12.6. The van der Waals surface area contributed by atoms with Crippen LogP contribution in [-0.2, 0) is 9.59 Å². The minimum atomic E-state index is -0.638. The predicted octanol–water partition coefficient (Wildman–Crippen LogP) is 3.34. The van der Waals surface area contributed by atoms with Crippen LogP contribution >= 0.6 is 11.6 Å². The van der Waals surface area contributed by atoms with Crippen molar-refractivity contribution in [3.05, 3.63) is 70.4 Å². The second kappa shape index (κ2) is 7.63. The van der Waals surface area contributed by atoms with Gasteiger partial charge in [-0.2, -0.15) is 0 Å². The molecule has 0 aliphatic carbocycles. The van der Waals surface area contributed by atoms with Crippen molar-refractivity contribution in [3.8, 4) is 0 Å². The molecule has 2 aromatic rings. The summed E-state index contributed by atoms with van der Waals surface area (Å²) in [4.78, 5) is 37.4. The Morgan fingerprint density at radius 3 is 2.59 bits per heavy atom. The molecular weight excluding hydrogens is 366 g/mol. The van der Waals surface area contributed by atoms with E-state index in [-0.39, 0.29) is 28.8 Å². The van der Waals surface area contributed by atoms with Crippen LogP contribution in [0.2, 0.25) is 5.02 Å². The maximum absolute atomic E-state index is 12.6. The molecule has 1 aliphatic rings. The van der Waals surface area contributed by atoms with Gasteiger partial charge in [0.1, 0.15) is 0 Å². The van der Waals surface area contributed by atoms with E-state index in [2.05, 4.69) is 5.32 Å². The van der Waals surface area contributed by atoms with Crippen molar-refractivity contribution in [2.75, 3.05) is 5.32 Å². The summed E-state index contributed by atoms with van der Waals surface area (Å²) in [6.45, 7) is 1.46. The minimum absolute atomic E-state index is 0.0795. The summed E-state index contributed by atoms with van der Waals surface area (Å²) in [7, 11) is 0. The Balaban J connectivity index is 1.80. The SMILES string of the molecule is CC(=O)N1C=Cc2ccccc2[C@@H]1CC(=O)Nc1ccc(C(N)=O)c(Cl)c1. The summed E-state index contributed by atoms with van der Waals surface area (Å²) >= 11 is 6.02. The fraction of sp³-hybridized carbons (Fsp3) is 0.150. The van der Waals surface area contributed by atoms with Gasteiger partial charge in [0.25, 0.3) is 0 Å². The van der Waals surface area contributed by atoms with E-state index in [1.54, 1.807) is 17.2 Å². The molecule has 0 radical (unpaired) electrons. The van der Waals surface area contributed by atoms with Crippen molar-refractivity contribution in [2.45, 2.75) is 19.4 Å². The Labute approximate surface area is 161 Å². The molecule has 2 aromatic carbocycles. The lowest BCUT2D eigenvalue weighted by Crippen LogP contribution is -2.33. The molecule has 3 N–H and O–H groups in total. The van der Waals surface area contributed by atoms with Crippen LogP contribution in [-0.4, -0.2) is 22.6 Å². The number of nitrogens with zero attached hydrogens (tertiary/aromatic N) is 1. The minimum Gasteiger partial charge on any atom is -0.366 e. The molecule has 0 unspecified atom stereocenters. The average Bonchev–Trinajstić information content (AvgIpc) is 2.61. The summed E-state index contributed by atoms with van der Waals surface area (Å²) in [5.41, 5.74) is 7.74. The summed E-state index contributed by atoms with van der Waals surface area (Å²) < 4.78 is 0. The monoisotopic (exact) mass is 383 g/mol. The van der Waals surface area contributed by atoms with Gasteiger partial charge >= 0.3 is 0 Å². The van der Waals surface area contributed by atoms with Crippen LogP contribution < -0.4 is 11.1 Å². The standard InChI is InChI=1S/C20H18ClN3O3/c1-12(25)24-9-8-13-4-2-3-5-15(13)18(24)11-19(26)23-14-6-7-16(20(22)27)17(21)10-14/h2-10,18H,11H2,1H3,(H2,22,27)(H,23,26)/t18-/m0/s1. The van der Waals surface area contributed by atoms with E-state index < -0.39 is 11.9 Å². The number of nitrogens with two attached hydrogens (primary N) is 1. The summed E-state index contributed by atoms with van der Waals surface area (Å²) in [5, 5.41) is 2.91. The molecule has 0 saturated carbocycles. The molecule has 3 rings (SSSR count). The summed E-state index contributed by atoms with van der Waals surface area (Å²) in [6, 6.07) is 11.7. The zero-order valence-corrected chi connectivity index (χ0v) is 15.4. The highest BCUT2D eigenvalue weighted by molar-refractivity contribution is 6.34. The molecule has 0 saturated heterocycles. The van der Waals surface area contributed by atoms with E-state index in [0.29, 0.717) is 5.69 Å². The Hall–Kier alpha value is -3.12. The van der Waals surface area contributed by atoms with Crippen LogP contribution in [0.1, 0.15) is 40.9 Å². The van der Waals surface area contributed by atoms with Crippen LogP contribution in [0.25, 0.3) is 6.08 Å². The molecule has 0 bridgehead atoms. The number of carbonyl (C=O) groups is 3. The molecule has 0 fully saturated rings. The first-order chi connectivity index (χ1) is 12.9. The number of halogens is 1. The number of fused-ring (bicyclic) bond motifs is 1. The quantitative estimate of drug-likeness (QED) is 0.847. The third-order valence-corrected chi connectivity index (χ3v) is 4.68. The molecule has 7 heteroatoms. The van der Waals surface area contributed by atoms with Crippen molar-refractivity contribution in [3.63, 3.8) is 0 Å². The first kappa shape index (κ1) is 18.7. The lowest BCUT2D eigenvalue weighted by molar-refractivity contribution is -0.129. The van der Waals surface area contributed by atoms with Gasteiger partial charge in [0.2, 0.25) is 17.7 Å². The van der Waals surface area contributed by atoms with Crippen LogP contribution in [0.15, 0.2) is 48.7 Å². The van der Waals surface area contributed by atoms with Crippen molar-refractivity contribution in [2.24, 2.45) is 5.73 Å². The highest BCUT2D eigenvalue weighted by Crippen LogP contribution is 2.33. The lowest BCUT2D eigenvalue weighted by Gasteiger charge is -2.32. The van der Waals surface area contributed by atoms with Gasteiger partial charge in [0.05, 0.1) is 23.0 Å². The first-order valence-electron chi connectivity index (χ1n) is 8.32. The number of amides is 3. The van der Waals surface area contributed by atoms with Crippen LogP contribution in [0.4, 0.5) is 5.69 Å². The predicted molar refractivity (Wildman–Crippen MR) is 104 cm³/mol. The zero-order valence-electron chi connectivity index (χ0n) is 14.6. The van der Waals surface area contributed by atoms with E-state index in [9.17, 15) is 14.4 Å². The molecule has 0 aromatic heterocycles. The Morgan fingerprint density at radius 2 is 1.93 bits per heavy atom. The summed E-state index contributed by atoms with van der Waals surface area (Å²) in [5.74, 6) is -1.06.